The Kier molecular flexibility index (Phi) is 3.77. The molecule has 0 radical (unpaired) electrons. The Labute approximate surface area is 95.4 Å². The van der Waals surface area contributed by atoms with E-state index in [4.69, 9.17) is 9.47 Å². The monoisotopic (exact) mass is 226 g/mol. The van der Waals surface area contributed by atoms with Crippen molar-refractivity contribution in [1.29, 1.82) is 0 Å². The summed E-state index contributed by atoms with van der Waals surface area (Å²) in [4.78, 5) is 17.5. The van der Waals surface area contributed by atoms with Gasteiger partial charge < -0.3 is 14.4 Å². The van der Waals surface area contributed by atoms with Crippen molar-refractivity contribution >= 4 is 11.9 Å². The smallest absolute Gasteiger partial charge is 0.296 e. The molecule has 0 saturated carbocycles. The van der Waals surface area contributed by atoms with Crippen molar-refractivity contribution in [2.24, 2.45) is 4.99 Å². The molecule has 2 aliphatic rings. The molecule has 0 spiro atoms. The van der Waals surface area contributed by atoms with Crippen molar-refractivity contribution < 1.29 is 14.3 Å². The SMILES string of the molecule is CCCCC1OC(N2CCOCC2)=NC1=O. The number of aliphatic imine (C=N–C) groups is 1. The van der Waals surface area contributed by atoms with Crippen LogP contribution in [0.3, 0.4) is 0 Å². The maximum Gasteiger partial charge on any atom is 0.296 e. The molecule has 0 aromatic rings. The number of ether oxygens (including phenoxy) is 2. The summed E-state index contributed by atoms with van der Waals surface area (Å²) < 4.78 is 10.8. The fourth-order valence-corrected chi connectivity index (χ4v) is 1.84. The third-order valence-corrected chi connectivity index (χ3v) is 2.83. The number of carbonyl (C=O) groups excluding carboxylic acids is 1. The molecule has 0 aliphatic carbocycles. The third kappa shape index (κ3) is 2.52. The molecule has 1 amide bonds. The van der Waals surface area contributed by atoms with Gasteiger partial charge in [0, 0.05) is 13.1 Å². The van der Waals surface area contributed by atoms with Gasteiger partial charge in [-0.1, -0.05) is 13.3 Å². The minimum Gasteiger partial charge on any atom is -0.451 e. The van der Waals surface area contributed by atoms with E-state index < -0.39 is 0 Å². The van der Waals surface area contributed by atoms with E-state index in [9.17, 15) is 4.79 Å². The number of unbranched alkanes of at least 4 members (excludes halogenated alkanes) is 1. The third-order valence-electron chi connectivity index (χ3n) is 2.83. The topological polar surface area (TPSA) is 51.1 Å². The number of amides is 1. The van der Waals surface area contributed by atoms with Crippen LogP contribution in [0.1, 0.15) is 26.2 Å². The van der Waals surface area contributed by atoms with Crippen LogP contribution in [0.2, 0.25) is 0 Å². The van der Waals surface area contributed by atoms with Gasteiger partial charge in [0.05, 0.1) is 13.2 Å². The van der Waals surface area contributed by atoms with Gasteiger partial charge in [-0.15, -0.1) is 0 Å². The van der Waals surface area contributed by atoms with E-state index in [1.54, 1.807) is 0 Å². The predicted octanol–water partition coefficient (Wildman–Crippen LogP) is 0.790. The van der Waals surface area contributed by atoms with E-state index in [1.807, 2.05) is 4.90 Å². The Morgan fingerprint density at radius 3 is 2.88 bits per heavy atom. The average molecular weight is 226 g/mol. The summed E-state index contributed by atoms with van der Waals surface area (Å²) in [6, 6.07) is 0.495. The van der Waals surface area contributed by atoms with Gasteiger partial charge in [-0.05, 0) is 12.8 Å². The molecule has 2 heterocycles. The molecule has 2 rings (SSSR count). The van der Waals surface area contributed by atoms with Gasteiger partial charge in [0.25, 0.3) is 11.9 Å². The summed E-state index contributed by atoms with van der Waals surface area (Å²) >= 11 is 0. The van der Waals surface area contributed by atoms with Crippen LogP contribution in [0.5, 0.6) is 0 Å². The maximum absolute atomic E-state index is 11.6. The molecule has 5 heteroatoms. The Morgan fingerprint density at radius 2 is 2.19 bits per heavy atom. The van der Waals surface area contributed by atoms with Crippen LogP contribution < -0.4 is 0 Å². The number of hydrogen-bond donors (Lipinski definition) is 0. The first kappa shape index (κ1) is 11.4. The van der Waals surface area contributed by atoms with Crippen molar-refractivity contribution in [1.82, 2.24) is 4.90 Å². The fourth-order valence-electron chi connectivity index (χ4n) is 1.84. The molecule has 16 heavy (non-hydrogen) atoms. The van der Waals surface area contributed by atoms with Crippen molar-refractivity contribution in [3.8, 4) is 0 Å². The first-order chi connectivity index (χ1) is 7.81. The molecule has 0 N–H and O–H groups in total. The molecular formula is C11H18N2O3. The molecule has 0 aromatic heterocycles. The van der Waals surface area contributed by atoms with Crippen LogP contribution in [0.25, 0.3) is 0 Å². The number of hydrogen-bond acceptors (Lipinski definition) is 4. The number of nitrogens with zero attached hydrogens (tertiary/aromatic N) is 2. The first-order valence-corrected chi connectivity index (χ1v) is 5.93. The fraction of sp³-hybridized carbons (Fsp3) is 0.818. The number of carbonyl (C=O) groups is 1. The highest BCUT2D eigenvalue weighted by Gasteiger charge is 2.31. The van der Waals surface area contributed by atoms with Crippen LogP contribution in [-0.2, 0) is 14.3 Å². The van der Waals surface area contributed by atoms with E-state index >= 15 is 0 Å². The molecule has 0 bridgehead atoms. The van der Waals surface area contributed by atoms with E-state index in [2.05, 4.69) is 11.9 Å². The lowest BCUT2D eigenvalue weighted by Crippen LogP contribution is -2.41. The minimum absolute atomic E-state index is 0.130. The summed E-state index contributed by atoms with van der Waals surface area (Å²) in [7, 11) is 0. The molecule has 1 fully saturated rings. The zero-order valence-corrected chi connectivity index (χ0v) is 9.65. The average Bonchev–Trinajstić information content (AvgIpc) is 2.69. The highest BCUT2D eigenvalue weighted by atomic mass is 16.5. The number of amidine groups is 1. The Balaban J connectivity index is 1.88. The van der Waals surface area contributed by atoms with Crippen LogP contribution >= 0.6 is 0 Å². The lowest BCUT2D eigenvalue weighted by molar-refractivity contribution is -0.123. The standard InChI is InChI=1S/C11H18N2O3/c1-2-3-4-9-10(14)12-11(16-9)13-5-7-15-8-6-13/h9H,2-8H2,1H3. The summed E-state index contributed by atoms with van der Waals surface area (Å²) in [5.74, 6) is -0.130. The molecule has 1 saturated heterocycles. The second kappa shape index (κ2) is 5.30. The summed E-state index contributed by atoms with van der Waals surface area (Å²) in [5, 5.41) is 0. The second-order valence-electron chi connectivity index (χ2n) is 4.08. The van der Waals surface area contributed by atoms with Crippen LogP contribution in [-0.4, -0.2) is 49.2 Å². The van der Waals surface area contributed by atoms with E-state index in [0.717, 1.165) is 32.4 Å². The van der Waals surface area contributed by atoms with Crippen molar-refractivity contribution in [2.45, 2.75) is 32.3 Å². The van der Waals surface area contributed by atoms with Crippen molar-refractivity contribution in [2.75, 3.05) is 26.3 Å². The normalized spacial score (nSPS) is 25.6. The van der Waals surface area contributed by atoms with Gasteiger partial charge in [-0.2, -0.15) is 4.99 Å². The number of morpholine rings is 1. The van der Waals surface area contributed by atoms with Crippen LogP contribution in [0.15, 0.2) is 4.99 Å². The number of rotatable bonds is 3. The maximum atomic E-state index is 11.6. The van der Waals surface area contributed by atoms with E-state index in [-0.39, 0.29) is 12.0 Å². The molecule has 1 atom stereocenters. The highest BCUT2D eigenvalue weighted by Crippen LogP contribution is 2.16. The summed E-state index contributed by atoms with van der Waals surface area (Å²) in [5.41, 5.74) is 0. The second-order valence-corrected chi connectivity index (χ2v) is 4.08. The lowest BCUT2D eigenvalue weighted by atomic mass is 10.1. The summed E-state index contributed by atoms with van der Waals surface area (Å²) in [6.07, 6.45) is 2.49. The molecule has 5 nitrogen and oxygen atoms in total. The van der Waals surface area contributed by atoms with Crippen LogP contribution in [0, 0.1) is 0 Å². The van der Waals surface area contributed by atoms with Gasteiger partial charge in [-0.3, -0.25) is 4.79 Å². The lowest BCUT2D eigenvalue weighted by Gasteiger charge is -2.27. The summed E-state index contributed by atoms with van der Waals surface area (Å²) in [6.45, 7) is 4.97. The Morgan fingerprint density at radius 1 is 1.44 bits per heavy atom. The zero-order chi connectivity index (χ0) is 11.4. The molecular weight excluding hydrogens is 208 g/mol. The Hall–Kier alpha value is -1.10. The molecule has 90 valence electrons. The molecule has 2 aliphatic heterocycles. The first-order valence-electron chi connectivity index (χ1n) is 5.93. The minimum atomic E-state index is -0.349. The van der Waals surface area contributed by atoms with Gasteiger partial charge in [0.1, 0.15) is 0 Å². The molecule has 1 unspecified atom stereocenters. The Bertz CT molecular complexity index is 285. The van der Waals surface area contributed by atoms with E-state index in [1.165, 1.54) is 0 Å². The van der Waals surface area contributed by atoms with Gasteiger partial charge >= 0.3 is 0 Å². The van der Waals surface area contributed by atoms with E-state index in [0.29, 0.717) is 19.2 Å². The van der Waals surface area contributed by atoms with Gasteiger partial charge in [-0.25, -0.2) is 0 Å². The van der Waals surface area contributed by atoms with Gasteiger partial charge in [0.2, 0.25) is 0 Å². The largest absolute Gasteiger partial charge is 0.451 e. The molecule has 0 aromatic carbocycles. The zero-order valence-electron chi connectivity index (χ0n) is 9.65. The van der Waals surface area contributed by atoms with Crippen molar-refractivity contribution in [3.63, 3.8) is 0 Å². The highest BCUT2D eigenvalue weighted by molar-refractivity contribution is 5.98. The predicted molar refractivity (Wildman–Crippen MR) is 59.2 cm³/mol. The van der Waals surface area contributed by atoms with Gasteiger partial charge in [0.15, 0.2) is 6.10 Å². The quantitative estimate of drug-likeness (QED) is 0.714. The van der Waals surface area contributed by atoms with Crippen LogP contribution in [0.4, 0.5) is 0 Å². The van der Waals surface area contributed by atoms with Crippen molar-refractivity contribution in [3.05, 3.63) is 0 Å².